The number of allylic oxidation sites excluding steroid dienone is 4. The third-order valence-electron chi connectivity index (χ3n) is 2.18. The summed E-state index contributed by atoms with van der Waals surface area (Å²) in [6, 6.07) is 0. The average molecular weight is 210 g/mol. The zero-order valence-electron chi connectivity index (χ0n) is 10.0. The molecule has 0 saturated heterocycles. The molecule has 0 aromatic carbocycles. The molecule has 0 aliphatic carbocycles. The number of hydrogen-bond acceptors (Lipinski definition) is 1. The molecule has 0 radical (unpaired) electrons. The Hall–Kier alpha value is -1.05. The van der Waals surface area contributed by atoms with Crippen molar-refractivity contribution in [2.45, 2.75) is 52.9 Å². The molecule has 2 nitrogen and oxygen atoms in total. The van der Waals surface area contributed by atoms with Crippen molar-refractivity contribution in [1.82, 2.24) is 0 Å². The van der Waals surface area contributed by atoms with Gasteiger partial charge in [-0.25, -0.2) is 0 Å². The van der Waals surface area contributed by atoms with Crippen LogP contribution in [0, 0.1) is 0 Å². The molecule has 0 bridgehead atoms. The molecule has 2 heteroatoms. The van der Waals surface area contributed by atoms with Crippen LogP contribution in [0.25, 0.3) is 0 Å². The summed E-state index contributed by atoms with van der Waals surface area (Å²) >= 11 is 0. The van der Waals surface area contributed by atoms with Crippen LogP contribution in [0.4, 0.5) is 0 Å². The highest BCUT2D eigenvalue weighted by atomic mass is 16.4. The second-order valence-corrected chi connectivity index (χ2v) is 4.16. The Morgan fingerprint density at radius 1 is 1.07 bits per heavy atom. The number of rotatable bonds is 7. The van der Waals surface area contributed by atoms with E-state index in [1.807, 2.05) is 0 Å². The first kappa shape index (κ1) is 13.9. The topological polar surface area (TPSA) is 37.3 Å². The minimum Gasteiger partial charge on any atom is -0.481 e. The van der Waals surface area contributed by atoms with E-state index in [1.54, 1.807) is 0 Å². The van der Waals surface area contributed by atoms with Crippen LogP contribution >= 0.6 is 0 Å². The summed E-state index contributed by atoms with van der Waals surface area (Å²) in [5.41, 5.74) is 2.71. The molecule has 15 heavy (non-hydrogen) atoms. The van der Waals surface area contributed by atoms with Crippen molar-refractivity contribution in [2.24, 2.45) is 0 Å². The van der Waals surface area contributed by atoms with Crippen molar-refractivity contribution < 1.29 is 9.90 Å². The van der Waals surface area contributed by atoms with Gasteiger partial charge in [0.05, 0.1) is 0 Å². The Morgan fingerprint density at radius 3 is 2.27 bits per heavy atom. The van der Waals surface area contributed by atoms with E-state index in [9.17, 15) is 4.79 Å². The zero-order chi connectivity index (χ0) is 11.7. The highest BCUT2D eigenvalue weighted by Gasteiger charge is 1.94. The molecule has 0 heterocycles. The number of unbranched alkanes of at least 4 members (excludes halogenated alkanes) is 1. The molecule has 0 saturated carbocycles. The molecule has 0 aliphatic heterocycles. The molecule has 0 fully saturated rings. The summed E-state index contributed by atoms with van der Waals surface area (Å²) in [4.78, 5) is 10.3. The smallest absolute Gasteiger partial charge is 0.303 e. The Morgan fingerprint density at radius 2 is 1.73 bits per heavy atom. The minimum atomic E-state index is -0.703. The lowest BCUT2D eigenvalue weighted by molar-refractivity contribution is -0.137. The molecular weight excluding hydrogens is 188 g/mol. The summed E-state index contributed by atoms with van der Waals surface area (Å²) < 4.78 is 0. The fourth-order valence-electron chi connectivity index (χ4n) is 1.29. The van der Waals surface area contributed by atoms with Gasteiger partial charge >= 0.3 is 5.97 Å². The molecule has 0 unspecified atom stereocenters. The highest BCUT2D eigenvalue weighted by molar-refractivity contribution is 5.66. The largest absolute Gasteiger partial charge is 0.481 e. The van der Waals surface area contributed by atoms with Gasteiger partial charge in [0.1, 0.15) is 0 Å². The maximum atomic E-state index is 10.3. The van der Waals surface area contributed by atoms with Gasteiger partial charge in [0.25, 0.3) is 0 Å². The number of carboxylic acid groups (broad SMARTS) is 1. The van der Waals surface area contributed by atoms with E-state index in [0.717, 1.165) is 25.7 Å². The van der Waals surface area contributed by atoms with Crippen LogP contribution in [0.15, 0.2) is 23.3 Å². The van der Waals surface area contributed by atoms with Gasteiger partial charge in [-0.2, -0.15) is 0 Å². The van der Waals surface area contributed by atoms with Gasteiger partial charge in [-0.15, -0.1) is 0 Å². The lowest BCUT2D eigenvalue weighted by Gasteiger charge is -1.99. The monoisotopic (exact) mass is 210 g/mol. The zero-order valence-corrected chi connectivity index (χ0v) is 10.0. The quantitative estimate of drug-likeness (QED) is 0.510. The first-order valence-corrected chi connectivity index (χ1v) is 5.53. The van der Waals surface area contributed by atoms with Crippen molar-refractivity contribution in [1.29, 1.82) is 0 Å². The summed E-state index contributed by atoms with van der Waals surface area (Å²) in [5.74, 6) is -0.703. The SMILES string of the molecule is CC(C)=CCCC(C)=CCCCC(=O)O. The van der Waals surface area contributed by atoms with E-state index in [2.05, 4.69) is 32.9 Å². The van der Waals surface area contributed by atoms with E-state index in [4.69, 9.17) is 5.11 Å². The number of carboxylic acids is 1. The lowest BCUT2D eigenvalue weighted by Crippen LogP contribution is -1.92. The number of aliphatic carboxylic acids is 1. The molecule has 0 aromatic rings. The lowest BCUT2D eigenvalue weighted by atomic mass is 10.1. The normalized spacial score (nSPS) is 11.3. The molecule has 1 N–H and O–H groups in total. The summed E-state index contributed by atoms with van der Waals surface area (Å²) in [6.07, 6.45) is 8.46. The highest BCUT2D eigenvalue weighted by Crippen LogP contribution is 2.09. The Balaban J connectivity index is 3.61. The third kappa shape index (κ3) is 10.9. The Bertz CT molecular complexity index is 245. The molecule has 0 spiro atoms. The van der Waals surface area contributed by atoms with Crippen molar-refractivity contribution in [3.8, 4) is 0 Å². The average Bonchev–Trinajstić information content (AvgIpc) is 2.11. The van der Waals surface area contributed by atoms with Gasteiger partial charge in [0, 0.05) is 6.42 Å². The molecule has 86 valence electrons. The Labute approximate surface area is 92.7 Å². The van der Waals surface area contributed by atoms with Gasteiger partial charge in [-0.05, 0) is 46.5 Å². The van der Waals surface area contributed by atoms with Crippen molar-refractivity contribution >= 4 is 5.97 Å². The van der Waals surface area contributed by atoms with Gasteiger partial charge in [0.15, 0.2) is 0 Å². The van der Waals surface area contributed by atoms with E-state index < -0.39 is 5.97 Å². The van der Waals surface area contributed by atoms with Crippen LogP contribution in [-0.2, 0) is 4.79 Å². The summed E-state index contributed by atoms with van der Waals surface area (Å²) in [7, 11) is 0. The fraction of sp³-hybridized carbons (Fsp3) is 0.615. The summed E-state index contributed by atoms with van der Waals surface area (Å²) in [5, 5.41) is 8.45. The van der Waals surface area contributed by atoms with Crippen molar-refractivity contribution in [3.05, 3.63) is 23.3 Å². The first-order chi connectivity index (χ1) is 7.02. The van der Waals surface area contributed by atoms with Gasteiger partial charge < -0.3 is 5.11 Å². The third-order valence-corrected chi connectivity index (χ3v) is 2.18. The molecule has 0 rings (SSSR count). The standard InChI is InChI=1S/C13H22O2/c1-11(2)7-6-9-12(3)8-4-5-10-13(14)15/h7-8H,4-6,9-10H2,1-3H3,(H,14,15). The predicted octanol–water partition coefficient (Wildman–Crippen LogP) is 3.93. The van der Waals surface area contributed by atoms with Crippen LogP contribution in [0.2, 0.25) is 0 Å². The van der Waals surface area contributed by atoms with Gasteiger partial charge in [0.2, 0.25) is 0 Å². The molecular formula is C13H22O2. The predicted molar refractivity (Wildman–Crippen MR) is 63.9 cm³/mol. The molecule has 0 atom stereocenters. The van der Waals surface area contributed by atoms with Crippen LogP contribution in [0.5, 0.6) is 0 Å². The van der Waals surface area contributed by atoms with E-state index in [1.165, 1.54) is 11.1 Å². The number of carbonyl (C=O) groups is 1. The van der Waals surface area contributed by atoms with Crippen molar-refractivity contribution in [3.63, 3.8) is 0 Å². The van der Waals surface area contributed by atoms with E-state index >= 15 is 0 Å². The fourth-order valence-corrected chi connectivity index (χ4v) is 1.29. The van der Waals surface area contributed by atoms with Crippen molar-refractivity contribution in [2.75, 3.05) is 0 Å². The minimum absolute atomic E-state index is 0.276. The number of hydrogen-bond donors (Lipinski definition) is 1. The van der Waals surface area contributed by atoms with Gasteiger partial charge in [-0.1, -0.05) is 23.3 Å². The maximum Gasteiger partial charge on any atom is 0.303 e. The summed E-state index contributed by atoms with van der Waals surface area (Å²) in [6.45, 7) is 6.32. The maximum absolute atomic E-state index is 10.3. The molecule has 0 amide bonds. The second kappa shape index (κ2) is 8.27. The van der Waals surface area contributed by atoms with Crippen LogP contribution in [-0.4, -0.2) is 11.1 Å². The first-order valence-electron chi connectivity index (χ1n) is 5.53. The Kier molecular flexibility index (Phi) is 7.69. The van der Waals surface area contributed by atoms with E-state index in [-0.39, 0.29) is 6.42 Å². The second-order valence-electron chi connectivity index (χ2n) is 4.16. The van der Waals surface area contributed by atoms with Crippen LogP contribution < -0.4 is 0 Å². The van der Waals surface area contributed by atoms with E-state index in [0.29, 0.717) is 0 Å². The molecule has 0 aromatic heterocycles. The van der Waals surface area contributed by atoms with Crippen LogP contribution in [0.1, 0.15) is 52.9 Å². The molecule has 0 aliphatic rings. The van der Waals surface area contributed by atoms with Crippen LogP contribution in [0.3, 0.4) is 0 Å². The van der Waals surface area contributed by atoms with Gasteiger partial charge in [-0.3, -0.25) is 4.79 Å².